The van der Waals surface area contributed by atoms with Crippen LogP contribution in [0.5, 0.6) is 5.75 Å². The number of sulfonamides is 1. The number of hydrogen-bond acceptors (Lipinski definition) is 4. The first-order valence-electron chi connectivity index (χ1n) is 9.38. The van der Waals surface area contributed by atoms with Crippen molar-refractivity contribution in [1.29, 1.82) is 0 Å². The Balaban J connectivity index is 1.91. The zero-order chi connectivity index (χ0) is 20.1. The summed E-state index contributed by atoms with van der Waals surface area (Å²) in [6, 6.07) is 14.1. The van der Waals surface area contributed by atoms with Crippen molar-refractivity contribution in [3.63, 3.8) is 0 Å². The zero-order valence-electron chi connectivity index (χ0n) is 16.3. The fraction of sp³-hybridized carbons (Fsp3) is 0.381. The van der Waals surface area contributed by atoms with Crippen molar-refractivity contribution < 1.29 is 17.9 Å². The van der Waals surface area contributed by atoms with E-state index in [4.69, 9.17) is 4.74 Å². The van der Waals surface area contributed by atoms with Crippen molar-refractivity contribution in [1.82, 2.24) is 9.21 Å². The van der Waals surface area contributed by atoms with Gasteiger partial charge >= 0.3 is 0 Å². The van der Waals surface area contributed by atoms with Gasteiger partial charge in [-0.3, -0.25) is 4.79 Å². The van der Waals surface area contributed by atoms with Crippen LogP contribution in [0.25, 0.3) is 0 Å². The maximum atomic E-state index is 13.4. The molecule has 7 heteroatoms. The number of benzene rings is 2. The Bertz CT molecular complexity index is 923. The molecule has 150 valence electrons. The number of aryl methyl sites for hydroxylation is 1. The Morgan fingerprint density at radius 2 is 1.79 bits per heavy atom. The van der Waals surface area contributed by atoms with E-state index >= 15 is 0 Å². The minimum Gasteiger partial charge on any atom is -0.496 e. The Morgan fingerprint density at radius 3 is 2.39 bits per heavy atom. The molecule has 0 atom stereocenters. The molecular formula is C21H26N2O4S. The number of hydrogen-bond donors (Lipinski definition) is 0. The van der Waals surface area contributed by atoms with Crippen molar-refractivity contribution in [2.75, 3.05) is 26.7 Å². The van der Waals surface area contributed by atoms with E-state index in [1.54, 1.807) is 31.1 Å². The summed E-state index contributed by atoms with van der Waals surface area (Å²) < 4.78 is 33.2. The van der Waals surface area contributed by atoms with E-state index in [0.29, 0.717) is 18.8 Å². The van der Waals surface area contributed by atoms with Gasteiger partial charge in [-0.25, -0.2) is 8.42 Å². The standard InChI is InChI=1S/C21H26N2O4S/c1-17-14-19(10-11-20(17)27-2)28(25,26)23(15-18-8-4-3-5-9-18)16-21(24)22-12-6-7-13-22/h3-5,8-11,14H,6-7,12-13,15-16H2,1-2H3. The smallest absolute Gasteiger partial charge is 0.243 e. The minimum atomic E-state index is -3.84. The van der Waals surface area contributed by atoms with Crippen molar-refractivity contribution in [3.05, 3.63) is 59.7 Å². The predicted molar refractivity (Wildman–Crippen MR) is 108 cm³/mol. The van der Waals surface area contributed by atoms with Gasteiger partial charge in [-0.15, -0.1) is 0 Å². The summed E-state index contributed by atoms with van der Waals surface area (Å²) in [6.45, 7) is 3.17. The molecule has 1 saturated heterocycles. The van der Waals surface area contributed by atoms with Crippen molar-refractivity contribution >= 4 is 15.9 Å². The number of amides is 1. The van der Waals surface area contributed by atoms with Gasteiger partial charge in [0.05, 0.1) is 18.6 Å². The van der Waals surface area contributed by atoms with Crippen LogP contribution in [0.2, 0.25) is 0 Å². The van der Waals surface area contributed by atoms with E-state index in [1.807, 2.05) is 30.3 Å². The van der Waals surface area contributed by atoms with Crippen molar-refractivity contribution in [3.8, 4) is 5.75 Å². The number of methoxy groups -OCH3 is 1. The van der Waals surface area contributed by atoms with Crippen molar-refractivity contribution in [2.24, 2.45) is 0 Å². The van der Waals surface area contributed by atoms with Crippen LogP contribution in [0.1, 0.15) is 24.0 Å². The molecular weight excluding hydrogens is 376 g/mol. The lowest BCUT2D eigenvalue weighted by Gasteiger charge is -2.25. The average molecular weight is 403 g/mol. The summed E-state index contributed by atoms with van der Waals surface area (Å²) in [7, 11) is -2.29. The molecule has 0 radical (unpaired) electrons. The van der Waals surface area contributed by atoms with Crippen LogP contribution >= 0.6 is 0 Å². The van der Waals surface area contributed by atoms with Crippen LogP contribution in [-0.2, 0) is 21.4 Å². The molecule has 2 aromatic carbocycles. The van der Waals surface area contributed by atoms with Crippen LogP contribution in [0.15, 0.2) is 53.4 Å². The Hall–Kier alpha value is -2.38. The fourth-order valence-corrected chi connectivity index (χ4v) is 4.85. The highest BCUT2D eigenvalue weighted by Gasteiger charge is 2.30. The number of carbonyl (C=O) groups excluding carboxylic acids is 1. The zero-order valence-corrected chi connectivity index (χ0v) is 17.1. The summed E-state index contributed by atoms with van der Waals surface area (Å²) in [5, 5.41) is 0. The summed E-state index contributed by atoms with van der Waals surface area (Å²) in [4.78, 5) is 14.6. The van der Waals surface area contributed by atoms with Crippen LogP contribution in [0.4, 0.5) is 0 Å². The molecule has 0 aliphatic carbocycles. The van der Waals surface area contributed by atoms with Gasteiger partial charge in [0.25, 0.3) is 0 Å². The molecule has 28 heavy (non-hydrogen) atoms. The lowest BCUT2D eigenvalue weighted by Crippen LogP contribution is -2.41. The third-order valence-electron chi connectivity index (χ3n) is 4.98. The normalized spacial score (nSPS) is 14.5. The molecule has 2 aromatic rings. The third kappa shape index (κ3) is 4.54. The van der Waals surface area contributed by atoms with Gasteiger partial charge in [0.2, 0.25) is 15.9 Å². The molecule has 0 unspecified atom stereocenters. The van der Waals surface area contributed by atoms with Gasteiger partial charge in [-0.05, 0) is 49.1 Å². The van der Waals surface area contributed by atoms with Crippen molar-refractivity contribution in [2.45, 2.75) is 31.2 Å². The second-order valence-electron chi connectivity index (χ2n) is 6.98. The second kappa shape index (κ2) is 8.75. The van der Waals surface area contributed by atoms with Crippen LogP contribution < -0.4 is 4.74 Å². The van der Waals surface area contributed by atoms with E-state index in [9.17, 15) is 13.2 Å². The molecule has 0 aromatic heterocycles. The monoisotopic (exact) mass is 402 g/mol. The molecule has 3 rings (SSSR count). The number of carbonyl (C=O) groups is 1. The van der Waals surface area contributed by atoms with Gasteiger partial charge in [-0.2, -0.15) is 4.31 Å². The largest absolute Gasteiger partial charge is 0.496 e. The molecule has 0 spiro atoms. The number of rotatable bonds is 7. The summed E-state index contributed by atoms with van der Waals surface area (Å²) in [5.41, 5.74) is 1.57. The quantitative estimate of drug-likeness (QED) is 0.714. The fourth-order valence-electron chi connectivity index (χ4n) is 3.39. The van der Waals surface area contributed by atoms with Crippen LogP contribution in [0, 0.1) is 6.92 Å². The van der Waals surface area contributed by atoms with E-state index < -0.39 is 10.0 Å². The van der Waals surface area contributed by atoms with Crippen LogP contribution in [0.3, 0.4) is 0 Å². The average Bonchev–Trinajstić information content (AvgIpc) is 3.23. The van der Waals surface area contributed by atoms with Gasteiger partial charge in [0, 0.05) is 19.6 Å². The highest BCUT2D eigenvalue weighted by molar-refractivity contribution is 7.89. The first kappa shape index (κ1) is 20.4. The summed E-state index contributed by atoms with van der Waals surface area (Å²) in [5.74, 6) is 0.476. The first-order valence-corrected chi connectivity index (χ1v) is 10.8. The highest BCUT2D eigenvalue weighted by atomic mass is 32.2. The molecule has 1 fully saturated rings. The first-order chi connectivity index (χ1) is 13.4. The highest BCUT2D eigenvalue weighted by Crippen LogP contribution is 2.25. The van der Waals surface area contributed by atoms with Crippen LogP contribution in [-0.4, -0.2) is 50.3 Å². The third-order valence-corrected chi connectivity index (χ3v) is 6.76. The van der Waals surface area contributed by atoms with E-state index in [1.165, 1.54) is 10.4 Å². The predicted octanol–water partition coefficient (Wildman–Crippen LogP) is 2.82. The molecule has 0 saturated carbocycles. The van der Waals surface area contributed by atoms with Gasteiger partial charge in [0.1, 0.15) is 5.75 Å². The number of ether oxygens (including phenoxy) is 1. The van der Waals surface area contributed by atoms with Gasteiger partial charge in [-0.1, -0.05) is 30.3 Å². The maximum Gasteiger partial charge on any atom is 0.243 e. The molecule has 0 N–H and O–H groups in total. The maximum absolute atomic E-state index is 13.4. The van der Waals surface area contributed by atoms with Gasteiger partial charge in [0.15, 0.2) is 0 Å². The van der Waals surface area contributed by atoms with E-state index in [0.717, 1.165) is 24.0 Å². The lowest BCUT2D eigenvalue weighted by molar-refractivity contribution is -0.130. The molecule has 1 heterocycles. The van der Waals surface area contributed by atoms with E-state index in [-0.39, 0.29) is 23.9 Å². The summed E-state index contributed by atoms with van der Waals surface area (Å²) in [6.07, 6.45) is 1.93. The molecule has 0 bridgehead atoms. The topological polar surface area (TPSA) is 66.9 Å². The van der Waals surface area contributed by atoms with E-state index in [2.05, 4.69) is 0 Å². The molecule has 1 aliphatic heterocycles. The molecule has 6 nitrogen and oxygen atoms in total. The molecule has 1 amide bonds. The Labute approximate surface area is 166 Å². The summed E-state index contributed by atoms with van der Waals surface area (Å²) >= 11 is 0. The second-order valence-corrected chi connectivity index (χ2v) is 8.92. The Kier molecular flexibility index (Phi) is 6.36. The number of nitrogens with zero attached hydrogens (tertiary/aromatic N) is 2. The van der Waals surface area contributed by atoms with Gasteiger partial charge < -0.3 is 9.64 Å². The lowest BCUT2D eigenvalue weighted by atomic mass is 10.2. The SMILES string of the molecule is COc1ccc(S(=O)(=O)N(CC(=O)N2CCCC2)Cc2ccccc2)cc1C. The number of likely N-dealkylation sites (tertiary alicyclic amines) is 1. The molecule has 1 aliphatic rings. The minimum absolute atomic E-state index is 0.147. The Morgan fingerprint density at radius 1 is 1.11 bits per heavy atom.